The van der Waals surface area contributed by atoms with E-state index in [4.69, 9.17) is 23.1 Å². The molecular formula is C14H10ClN3O4. The Hall–Kier alpha value is -2.93. The average Bonchev–Trinajstić information content (AvgIpc) is 2.46. The highest BCUT2D eigenvalue weighted by atomic mass is 35.5. The van der Waals surface area contributed by atoms with Gasteiger partial charge in [0.25, 0.3) is 5.69 Å². The lowest BCUT2D eigenvalue weighted by molar-refractivity contribution is -0.384. The number of nitro benzene ring substituents is 1. The number of nitrogens with zero attached hydrogens (tertiary/aromatic N) is 1. The molecule has 0 aliphatic rings. The zero-order valence-corrected chi connectivity index (χ0v) is 11.8. The maximum absolute atomic E-state index is 11.5. The molecule has 0 aliphatic heterocycles. The summed E-state index contributed by atoms with van der Waals surface area (Å²) in [6, 6.07) is 7.87. The predicted molar refractivity (Wildman–Crippen MR) is 80.6 cm³/mol. The molecule has 0 heterocycles. The molecule has 0 saturated heterocycles. The molecule has 2 rings (SSSR count). The number of primary amides is 2. The van der Waals surface area contributed by atoms with Gasteiger partial charge in [-0.1, -0.05) is 11.6 Å². The zero-order valence-electron chi connectivity index (χ0n) is 11.1. The number of carbonyl (C=O) groups is 2. The van der Waals surface area contributed by atoms with E-state index in [-0.39, 0.29) is 27.4 Å². The number of hydrogen-bond donors (Lipinski definition) is 2. The molecule has 22 heavy (non-hydrogen) atoms. The standard InChI is InChI=1S/C14H10ClN3O4/c15-12-6-8(18(21)22)2-4-9(12)11-5-7(13(16)19)1-3-10(11)14(17)20/h1-6H,(H2,16,19)(H2,17,20). The molecular weight excluding hydrogens is 310 g/mol. The number of nitro groups is 1. The van der Waals surface area contributed by atoms with Gasteiger partial charge in [0.2, 0.25) is 11.8 Å². The van der Waals surface area contributed by atoms with E-state index in [1.807, 2.05) is 0 Å². The Morgan fingerprint density at radius 3 is 2.18 bits per heavy atom. The van der Waals surface area contributed by atoms with E-state index in [1.54, 1.807) is 0 Å². The van der Waals surface area contributed by atoms with Crippen molar-refractivity contribution in [2.24, 2.45) is 11.5 Å². The molecule has 0 radical (unpaired) electrons. The van der Waals surface area contributed by atoms with Gasteiger partial charge in [0.15, 0.2) is 0 Å². The number of hydrogen-bond acceptors (Lipinski definition) is 4. The second-order valence-electron chi connectivity index (χ2n) is 4.41. The Balaban J connectivity index is 2.69. The van der Waals surface area contributed by atoms with Crippen molar-refractivity contribution < 1.29 is 14.5 Å². The summed E-state index contributed by atoms with van der Waals surface area (Å²) in [6.07, 6.45) is 0. The molecule has 2 amide bonds. The first-order chi connectivity index (χ1) is 10.3. The van der Waals surface area contributed by atoms with Gasteiger partial charge in [-0.2, -0.15) is 0 Å². The summed E-state index contributed by atoms with van der Waals surface area (Å²) in [4.78, 5) is 32.9. The summed E-state index contributed by atoms with van der Waals surface area (Å²) in [7, 11) is 0. The first-order valence-corrected chi connectivity index (χ1v) is 6.37. The van der Waals surface area contributed by atoms with Gasteiger partial charge >= 0.3 is 0 Å². The Morgan fingerprint density at radius 2 is 1.68 bits per heavy atom. The van der Waals surface area contributed by atoms with Crippen LogP contribution < -0.4 is 11.5 Å². The molecule has 112 valence electrons. The fourth-order valence-electron chi connectivity index (χ4n) is 1.97. The van der Waals surface area contributed by atoms with E-state index in [2.05, 4.69) is 0 Å². The van der Waals surface area contributed by atoms with E-state index < -0.39 is 16.7 Å². The summed E-state index contributed by atoms with van der Waals surface area (Å²) >= 11 is 6.04. The molecule has 0 aliphatic carbocycles. The van der Waals surface area contributed by atoms with Gasteiger partial charge < -0.3 is 11.5 Å². The quantitative estimate of drug-likeness (QED) is 0.660. The largest absolute Gasteiger partial charge is 0.366 e. The van der Waals surface area contributed by atoms with Gasteiger partial charge in [-0.05, 0) is 29.8 Å². The second-order valence-corrected chi connectivity index (χ2v) is 4.82. The Kier molecular flexibility index (Phi) is 4.09. The normalized spacial score (nSPS) is 10.2. The van der Waals surface area contributed by atoms with Gasteiger partial charge in [0.1, 0.15) is 0 Å². The van der Waals surface area contributed by atoms with Gasteiger partial charge in [-0.25, -0.2) is 0 Å². The van der Waals surface area contributed by atoms with Gasteiger partial charge in [0.05, 0.1) is 9.95 Å². The van der Waals surface area contributed by atoms with Crippen molar-refractivity contribution >= 4 is 29.1 Å². The third-order valence-corrected chi connectivity index (χ3v) is 3.34. The highest BCUT2D eigenvalue weighted by Crippen LogP contribution is 2.33. The number of carbonyl (C=O) groups excluding carboxylic acids is 2. The number of non-ortho nitro benzene ring substituents is 1. The molecule has 0 saturated carbocycles. The highest BCUT2D eigenvalue weighted by molar-refractivity contribution is 6.33. The maximum Gasteiger partial charge on any atom is 0.270 e. The monoisotopic (exact) mass is 319 g/mol. The van der Waals surface area contributed by atoms with Crippen LogP contribution in [0, 0.1) is 10.1 Å². The first-order valence-electron chi connectivity index (χ1n) is 5.99. The van der Waals surface area contributed by atoms with E-state index in [0.29, 0.717) is 5.56 Å². The molecule has 7 nitrogen and oxygen atoms in total. The minimum Gasteiger partial charge on any atom is -0.366 e. The number of amides is 2. The van der Waals surface area contributed by atoms with E-state index in [1.165, 1.54) is 30.3 Å². The molecule has 0 unspecified atom stereocenters. The molecule has 0 bridgehead atoms. The second kappa shape index (κ2) is 5.82. The summed E-state index contributed by atoms with van der Waals surface area (Å²) in [6.45, 7) is 0. The molecule has 2 aromatic rings. The minimum absolute atomic E-state index is 0.0540. The number of benzene rings is 2. The third kappa shape index (κ3) is 2.89. The SMILES string of the molecule is NC(=O)c1ccc(C(N)=O)c(-c2ccc([N+](=O)[O-])cc2Cl)c1. The van der Waals surface area contributed by atoms with Gasteiger partial charge in [-0.15, -0.1) is 0 Å². The number of nitrogens with two attached hydrogens (primary N) is 2. The number of rotatable bonds is 4. The van der Waals surface area contributed by atoms with Crippen LogP contribution in [0.1, 0.15) is 20.7 Å². The zero-order chi connectivity index (χ0) is 16.4. The fraction of sp³-hybridized carbons (Fsp3) is 0. The van der Waals surface area contributed by atoms with Crippen LogP contribution in [0.4, 0.5) is 5.69 Å². The lowest BCUT2D eigenvalue weighted by atomic mass is 9.96. The molecule has 0 aromatic heterocycles. The van der Waals surface area contributed by atoms with E-state index >= 15 is 0 Å². The van der Waals surface area contributed by atoms with Gasteiger partial charge in [-0.3, -0.25) is 19.7 Å². The maximum atomic E-state index is 11.5. The smallest absolute Gasteiger partial charge is 0.270 e. The fourth-order valence-corrected chi connectivity index (χ4v) is 2.25. The van der Waals surface area contributed by atoms with Crippen LogP contribution in [-0.2, 0) is 0 Å². The molecule has 2 aromatic carbocycles. The molecule has 0 spiro atoms. The van der Waals surface area contributed by atoms with E-state index in [0.717, 1.165) is 6.07 Å². The van der Waals surface area contributed by atoms with Crippen LogP contribution in [0.15, 0.2) is 36.4 Å². The predicted octanol–water partition coefficient (Wildman–Crippen LogP) is 2.11. The van der Waals surface area contributed by atoms with Crippen LogP contribution in [0.5, 0.6) is 0 Å². The van der Waals surface area contributed by atoms with Crippen LogP contribution in [0.3, 0.4) is 0 Å². The molecule has 4 N–H and O–H groups in total. The van der Waals surface area contributed by atoms with Crippen molar-refractivity contribution in [1.29, 1.82) is 0 Å². The van der Waals surface area contributed by atoms with Crippen LogP contribution in [0.2, 0.25) is 5.02 Å². The Labute approximate surface area is 129 Å². The lowest BCUT2D eigenvalue weighted by Gasteiger charge is -2.10. The van der Waals surface area contributed by atoms with Crippen molar-refractivity contribution in [3.8, 4) is 11.1 Å². The van der Waals surface area contributed by atoms with Crippen molar-refractivity contribution in [3.05, 3.63) is 62.7 Å². The number of halogens is 1. The Morgan fingerprint density at radius 1 is 1.00 bits per heavy atom. The molecule has 8 heteroatoms. The lowest BCUT2D eigenvalue weighted by Crippen LogP contribution is -2.15. The summed E-state index contributed by atoms with van der Waals surface area (Å²) < 4.78 is 0. The van der Waals surface area contributed by atoms with E-state index in [9.17, 15) is 19.7 Å². The van der Waals surface area contributed by atoms with Crippen LogP contribution in [0.25, 0.3) is 11.1 Å². The summed E-state index contributed by atoms with van der Waals surface area (Å²) in [5.74, 6) is -1.41. The summed E-state index contributed by atoms with van der Waals surface area (Å²) in [5.41, 5.74) is 11.2. The third-order valence-electron chi connectivity index (χ3n) is 3.02. The summed E-state index contributed by atoms with van der Waals surface area (Å²) in [5, 5.41) is 10.8. The average molecular weight is 320 g/mol. The highest BCUT2D eigenvalue weighted by Gasteiger charge is 2.17. The van der Waals surface area contributed by atoms with Crippen molar-refractivity contribution in [2.75, 3.05) is 0 Å². The van der Waals surface area contributed by atoms with Crippen molar-refractivity contribution in [1.82, 2.24) is 0 Å². The molecule has 0 fully saturated rings. The van der Waals surface area contributed by atoms with Crippen LogP contribution in [-0.4, -0.2) is 16.7 Å². The van der Waals surface area contributed by atoms with Crippen molar-refractivity contribution in [3.63, 3.8) is 0 Å². The van der Waals surface area contributed by atoms with Crippen molar-refractivity contribution in [2.45, 2.75) is 0 Å². The van der Waals surface area contributed by atoms with Gasteiger partial charge in [0, 0.05) is 28.8 Å². The topological polar surface area (TPSA) is 129 Å². The first kappa shape index (κ1) is 15.5. The molecule has 0 atom stereocenters. The van der Waals surface area contributed by atoms with Crippen LogP contribution >= 0.6 is 11.6 Å². The minimum atomic E-state index is -0.722. The Bertz CT molecular complexity index is 805.